The molecule has 0 aromatic heterocycles. The minimum absolute atomic E-state index is 0.106. The van der Waals surface area contributed by atoms with Crippen molar-refractivity contribution in [3.8, 4) is 0 Å². The lowest BCUT2D eigenvalue weighted by Crippen LogP contribution is -2.30. The zero-order valence-electron chi connectivity index (χ0n) is 59.9. The summed E-state index contributed by atoms with van der Waals surface area (Å²) in [5.74, 6) is -0.607. The monoisotopic (exact) mass is 1350 g/mol. The Kier molecular flexibility index (Phi) is 63.7. The minimum atomic E-state index is -4.95. The maximum Gasteiger partial charge on any atom is 0.472 e. The van der Waals surface area contributed by atoms with Crippen LogP contribution < -0.4 is 0 Å². The molecule has 2 unspecified atom stereocenters. The van der Waals surface area contributed by atoms with Crippen LogP contribution in [-0.2, 0) is 65.4 Å². The summed E-state index contributed by atoms with van der Waals surface area (Å²) in [6, 6.07) is 0. The molecule has 0 radical (unpaired) electrons. The molecule has 17 nitrogen and oxygen atoms in total. The van der Waals surface area contributed by atoms with Gasteiger partial charge in [-0.15, -0.1) is 0 Å². The number of esters is 4. The maximum absolute atomic E-state index is 13.1. The number of carbonyl (C=O) groups excluding carboxylic acids is 4. The van der Waals surface area contributed by atoms with E-state index >= 15 is 0 Å². The van der Waals surface area contributed by atoms with Gasteiger partial charge in [-0.25, -0.2) is 9.13 Å². The zero-order valence-corrected chi connectivity index (χ0v) is 61.6. The second kappa shape index (κ2) is 65.0. The highest BCUT2D eigenvalue weighted by Gasteiger charge is 2.30. The molecule has 0 saturated carbocycles. The average molecular weight is 1350 g/mol. The topological polar surface area (TPSA) is 237 Å². The highest BCUT2D eigenvalue weighted by atomic mass is 31.2. The summed E-state index contributed by atoms with van der Waals surface area (Å²) in [5, 5.41) is 10.6. The second-order valence-corrected chi connectivity index (χ2v) is 30.2. The van der Waals surface area contributed by atoms with Gasteiger partial charge < -0.3 is 33.8 Å². The third kappa shape index (κ3) is 66.7. The number of ether oxygens (including phenoxy) is 4. The Morgan fingerprint density at radius 2 is 0.500 bits per heavy atom. The number of aliphatic hydroxyl groups excluding tert-OH is 1. The fraction of sp³-hybridized carbons (Fsp3) is 0.945. The lowest BCUT2D eigenvalue weighted by atomic mass is 10.0. The van der Waals surface area contributed by atoms with E-state index < -0.39 is 97.5 Å². The van der Waals surface area contributed by atoms with Crippen LogP contribution in [0.1, 0.15) is 375 Å². The smallest absolute Gasteiger partial charge is 0.462 e. The molecule has 0 fully saturated rings. The van der Waals surface area contributed by atoms with Crippen molar-refractivity contribution in [3.05, 3.63) is 0 Å². The Morgan fingerprint density at radius 3 is 0.739 bits per heavy atom. The molecule has 0 rings (SSSR count). The predicted octanol–water partition coefficient (Wildman–Crippen LogP) is 21.2. The Balaban J connectivity index is 5.26. The molecule has 19 heteroatoms. The van der Waals surface area contributed by atoms with E-state index in [-0.39, 0.29) is 25.7 Å². The summed E-state index contributed by atoms with van der Waals surface area (Å²) in [7, 11) is -9.91. The molecule has 0 saturated heterocycles. The highest BCUT2D eigenvalue weighted by molar-refractivity contribution is 7.47. The van der Waals surface area contributed by atoms with Crippen molar-refractivity contribution in [2.75, 3.05) is 39.6 Å². The highest BCUT2D eigenvalue weighted by Crippen LogP contribution is 2.45. The Bertz CT molecular complexity index is 1790. The maximum atomic E-state index is 13.1. The molecule has 0 spiro atoms. The van der Waals surface area contributed by atoms with Crippen molar-refractivity contribution in [3.63, 3.8) is 0 Å². The molecule has 0 aliphatic carbocycles. The van der Waals surface area contributed by atoms with E-state index in [0.717, 1.165) is 102 Å². The lowest BCUT2D eigenvalue weighted by molar-refractivity contribution is -0.161. The summed E-state index contributed by atoms with van der Waals surface area (Å²) >= 11 is 0. The van der Waals surface area contributed by atoms with Gasteiger partial charge in [0.2, 0.25) is 0 Å². The van der Waals surface area contributed by atoms with Crippen molar-refractivity contribution >= 4 is 39.5 Å². The van der Waals surface area contributed by atoms with E-state index in [1.54, 1.807) is 0 Å². The first-order valence-electron chi connectivity index (χ1n) is 38.0. The van der Waals surface area contributed by atoms with Gasteiger partial charge in [-0.1, -0.05) is 324 Å². The molecule has 92 heavy (non-hydrogen) atoms. The van der Waals surface area contributed by atoms with E-state index in [1.165, 1.54) is 193 Å². The van der Waals surface area contributed by atoms with Crippen LogP contribution in [0.15, 0.2) is 0 Å². The van der Waals surface area contributed by atoms with Gasteiger partial charge in [0.05, 0.1) is 26.4 Å². The van der Waals surface area contributed by atoms with E-state index in [2.05, 4.69) is 41.5 Å². The number of rotatable bonds is 72. The minimum Gasteiger partial charge on any atom is -0.462 e. The van der Waals surface area contributed by atoms with E-state index in [1.807, 2.05) is 0 Å². The van der Waals surface area contributed by atoms with Gasteiger partial charge in [-0.2, -0.15) is 0 Å². The lowest BCUT2D eigenvalue weighted by Gasteiger charge is -2.21. The molecular weight excluding hydrogens is 1210 g/mol. The molecule has 0 aromatic carbocycles. The quantitative estimate of drug-likeness (QED) is 0.0222. The standard InChI is InChI=1S/C73H142O17P2/c1-7-9-11-13-15-17-19-20-21-22-24-33-39-45-51-57-72(77)89-68(62-84-71(76)56-50-44-38-32-27-25-29-35-41-47-53-65(3)4)63-87-91(79,80)85-59-67(74)60-86-92(81,82)88-64-69(61-83-70(75)55-49-43-37-31-23-18-16-14-12-10-8-2)90-73(78)58-52-46-40-34-28-26-30-36-42-48-54-66(5)6/h65-69,74H,7-64H2,1-6H3,(H,79,80)(H,81,82)/t67-,68-,69-/m1/s1. The Hall–Kier alpha value is -1.94. The molecule has 0 heterocycles. The zero-order chi connectivity index (χ0) is 67.9. The van der Waals surface area contributed by atoms with Crippen LogP contribution in [0.5, 0.6) is 0 Å². The van der Waals surface area contributed by atoms with Gasteiger partial charge in [-0.05, 0) is 37.5 Å². The molecule has 0 bridgehead atoms. The number of phosphoric ester groups is 2. The normalized spacial score (nSPS) is 14.1. The molecule has 5 atom stereocenters. The van der Waals surface area contributed by atoms with E-state index in [4.69, 9.17) is 37.0 Å². The number of aliphatic hydroxyl groups is 1. The fourth-order valence-electron chi connectivity index (χ4n) is 11.1. The van der Waals surface area contributed by atoms with Crippen LogP contribution in [0, 0.1) is 11.8 Å². The number of phosphoric acid groups is 2. The van der Waals surface area contributed by atoms with Crippen LogP contribution in [0.4, 0.5) is 0 Å². The largest absolute Gasteiger partial charge is 0.472 e. The first-order chi connectivity index (χ1) is 44.4. The molecular formula is C73H142O17P2. The number of unbranched alkanes of at least 4 members (excludes halogenated alkanes) is 42. The molecule has 546 valence electrons. The van der Waals surface area contributed by atoms with Crippen LogP contribution >= 0.6 is 15.6 Å². The van der Waals surface area contributed by atoms with Crippen LogP contribution in [0.25, 0.3) is 0 Å². The van der Waals surface area contributed by atoms with Gasteiger partial charge in [0.15, 0.2) is 12.2 Å². The third-order valence-electron chi connectivity index (χ3n) is 17.0. The van der Waals surface area contributed by atoms with Crippen molar-refractivity contribution in [1.29, 1.82) is 0 Å². The third-order valence-corrected chi connectivity index (χ3v) is 18.9. The average Bonchev–Trinajstić information content (AvgIpc) is 1.53. The van der Waals surface area contributed by atoms with Crippen molar-refractivity contribution in [2.45, 2.75) is 394 Å². The second-order valence-electron chi connectivity index (χ2n) is 27.3. The van der Waals surface area contributed by atoms with Gasteiger partial charge in [0, 0.05) is 25.7 Å². The Labute approximate surface area is 562 Å². The van der Waals surface area contributed by atoms with E-state index in [9.17, 15) is 43.2 Å². The van der Waals surface area contributed by atoms with Crippen molar-refractivity contribution in [2.24, 2.45) is 11.8 Å². The summed E-state index contributed by atoms with van der Waals surface area (Å²) in [5.41, 5.74) is 0. The van der Waals surface area contributed by atoms with Crippen LogP contribution in [0.2, 0.25) is 0 Å². The molecule has 3 N–H and O–H groups in total. The van der Waals surface area contributed by atoms with Crippen LogP contribution in [-0.4, -0.2) is 96.7 Å². The summed E-state index contributed by atoms with van der Waals surface area (Å²) in [6.07, 6.45) is 51.2. The summed E-state index contributed by atoms with van der Waals surface area (Å²) < 4.78 is 68.4. The fourth-order valence-corrected chi connectivity index (χ4v) is 12.7. The number of hydrogen-bond donors (Lipinski definition) is 3. The molecule has 0 aliphatic rings. The van der Waals surface area contributed by atoms with Gasteiger partial charge in [0.25, 0.3) is 0 Å². The number of hydrogen-bond acceptors (Lipinski definition) is 15. The Morgan fingerprint density at radius 1 is 0.293 bits per heavy atom. The SMILES string of the molecule is CCCCCCCCCCCCCCCCCC(=O)O[C@H](COC(=O)CCCCCCCCCCCCC(C)C)COP(=O)(O)OC[C@@H](O)COP(=O)(O)OC[C@@H](COC(=O)CCCCCCCCCCCCC)OC(=O)CCCCCCCCCCCCC(C)C. The first-order valence-corrected chi connectivity index (χ1v) is 41.0. The summed E-state index contributed by atoms with van der Waals surface area (Å²) in [6.45, 7) is 9.56. The molecule has 0 aliphatic heterocycles. The van der Waals surface area contributed by atoms with Gasteiger partial charge in [0.1, 0.15) is 19.3 Å². The number of carbonyl (C=O) groups is 4. The van der Waals surface area contributed by atoms with Crippen LogP contribution in [0.3, 0.4) is 0 Å². The summed E-state index contributed by atoms with van der Waals surface area (Å²) in [4.78, 5) is 72.7. The molecule has 0 amide bonds. The molecule has 0 aromatic rings. The first kappa shape index (κ1) is 90.1. The van der Waals surface area contributed by atoms with Gasteiger partial charge >= 0.3 is 39.5 Å². The van der Waals surface area contributed by atoms with Crippen molar-refractivity contribution in [1.82, 2.24) is 0 Å². The van der Waals surface area contributed by atoms with E-state index in [0.29, 0.717) is 25.7 Å². The van der Waals surface area contributed by atoms with Crippen molar-refractivity contribution < 1.29 is 80.2 Å². The van der Waals surface area contributed by atoms with Gasteiger partial charge in [-0.3, -0.25) is 37.3 Å². The predicted molar refractivity (Wildman–Crippen MR) is 372 cm³/mol.